The van der Waals surface area contributed by atoms with Gasteiger partial charge in [0, 0.05) is 5.69 Å². The summed E-state index contributed by atoms with van der Waals surface area (Å²) in [5, 5.41) is 13.3. The fourth-order valence-electron chi connectivity index (χ4n) is 6.18. The monoisotopic (exact) mass is 472 g/mol. The Kier molecular flexibility index (Phi) is 6.75. The van der Waals surface area contributed by atoms with Crippen LogP contribution in [-0.4, -0.2) is 64.8 Å². The number of amides is 2. The van der Waals surface area contributed by atoms with Crippen LogP contribution in [0.15, 0.2) is 18.2 Å². The number of aliphatic hydroxyl groups is 1. The zero-order valence-corrected chi connectivity index (χ0v) is 20.7. The van der Waals surface area contributed by atoms with Gasteiger partial charge in [-0.1, -0.05) is 26.0 Å². The molecule has 8 heteroatoms. The highest BCUT2D eigenvalue weighted by Gasteiger charge is 2.75. The van der Waals surface area contributed by atoms with Gasteiger partial charge in [-0.05, 0) is 63.1 Å². The number of esters is 1. The third-order valence-corrected chi connectivity index (χ3v) is 7.54. The van der Waals surface area contributed by atoms with Gasteiger partial charge in [0.2, 0.25) is 11.8 Å². The Morgan fingerprint density at radius 1 is 1.32 bits per heavy atom. The first-order chi connectivity index (χ1) is 16.1. The molecular weight excluding hydrogens is 436 g/mol. The summed E-state index contributed by atoms with van der Waals surface area (Å²) in [4.78, 5) is 42.2. The zero-order valence-electron chi connectivity index (χ0n) is 20.7. The molecule has 34 heavy (non-hydrogen) atoms. The molecule has 0 saturated carbocycles. The first kappa shape index (κ1) is 24.7. The standard InChI is InChI=1S/C26H36N2O6/c1-6-33-25(32)20-19-9-10-26(34-19)21(20)24(31)28(17(13-29)11-14(2)3)22(26)23(30)27-18-12-15(4)7-8-16(18)5/h7-8,12,14,17,19-22,29H,6,9-11,13H2,1-5H3,(H,27,30)/t17-,19+,20-,21-,22+,26-/m1/s1. The van der Waals surface area contributed by atoms with Crippen LogP contribution in [0.5, 0.6) is 0 Å². The topological polar surface area (TPSA) is 105 Å². The van der Waals surface area contributed by atoms with Gasteiger partial charge in [-0.2, -0.15) is 0 Å². The van der Waals surface area contributed by atoms with Gasteiger partial charge < -0.3 is 24.8 Å². The number of aryl methyl sites for hydroxylation is 2. The highest BCUT2D eigenvalue weighted by Crippen LogP contribution is 2.59. The number of ether oxygens (including phenoxy) is 2. The summed E-state index contributed by atoms with van der Waals surface area (Å²) in [6.45, 7) is 9.56. The quantitative estimate of drug-likeness (QED) is 0.564. The van der Waals surface area contributed by atoms with Crippen LogP contribution >= 0.6 is 0 Å². The molecule has 2 amide bonds. The number of hydrogen-bond donors (Lipinski definition) is 2. The van der Waals surface area contributed by atoms with E-state index in [1.165, 1.54) is 4.90 Å². The lowest BCUT2D eigenvalue weighted by atomic mass is 9.70. The largest absolute Gasteiger partial charge is 0.466 e. The van der Waals surface area contributed by atoms with Gasteiger partial charge in [0.25, 0.3) is 0 Å². The van der Waals surface area contributed by atoms with E-state index in [-0.39, 0.29) is 30.9 Å². The van der Waals surface area contributed by atoms with Crippen LogP contribution in [0.1, 0.15) is 51.2 Å². The molecule has 2 bridgehead atoms. The molecule has 3 saturated heterocycles. The number of nitrogens with zero attached hydrogens (tertiary/aromatic N) is 1. The van der Waals surface area contributed by atoms with Crippen molar-refractivity contribution in [3.05, 3.63) is 29.3 Å². The summed E-state index contributed by atoms with van der Waals surface area (Å²) < 4.78 is 11.7. The van der Waals surface area contributed by atoms with Gasteiger partial charge in [-0.3, -0.25) is 14.4 Å². The van der Waals surface area contributed by atoms with Crippen molar-refractivity contribution in [3.63, 3.8) is 0 Å². The van der Waals surface area contributed by atoms with Crippen molar-refractivity contribution in [2.75, 3.05) is 18.5 Å². The fourth-order valence-corrected chi connectivity index (χ4v) is 6.18. The smallest absolute Gasteiger partial charge is 0.312 e. The predicted octanol–water partition coefficient (Wildman–Crippen LogP) is 2.59. The Balaban J connectivity index is 1.76. The Bertz CT molecular complexity index is 978. The van der Waals surface area contributed by atoms with Crippen LogP contribution in [0.3, 0.4) is 0 Å². The van der Waals surface area contributed by atoms with Crippen LogP contribution in [0, 0.1) is 31.6 Å². The molecule has 8 nitrogen and oxygen atoms in total. The summed E-state index contributed by atoms with van der Waals surface area (Å²) in [6.07, 6.45) is 1.18. The van der Waals surface area contributed by atoms with Gasteiger partial charge in [0.05, 0.1) is 37.2 Å². The molecule has 186 valence electrons. The Hall–Kier alpha value is -2.45. The summed E-state index contributed by atoms with van der Waals surface area (Å²) in [6, 6.07) is 4.32. The van der Waals surface area contributed by atoms with E-state index < -0.39 is 41.6 Å². The molecule has 0 radical (unpaired) electrons. The maximum atomic E-state index is 13.9. The number of rotatable bonds is 8. The Labute approximate surface area is 201 Å². The number of nitrogens with one attached hydrogen (secondary N) is 1. The molecule has 1 aromatic carbocycles. The molecular formula is C26H36N2O6. The number of carbonyl (C=O) groups excluding carboxylic acids is 3. The van der Waals surface area contributed by atoms with Crippen LogP contribution in [0.2, 0.25) is 0 Å². The van der Waals surface area contributed by atoms with E-state index in [2.05, 4.69) is 5.32 Å². The Morgan fingerprint density at radius 3 is 2.71 bits per heavy atom. The lowest BCUT2D eigenvalue weighted by molar-refractivity contribution is -0.155. The van der Waals surface area contributed by atoms with E-state index in [0.717, 1.165) is 11.1 Å². The van der Waals surface area contributed by atoms with E-state index in [0.29, 0.717) is 24.9 Å². The molecule has 6 atom stereocenters. The lowest BCUT2D eigenvalue weighted by Crippen LogP contribution is -2.56. The lowest BCUT2D eigenvalue weighted by Gasteiger charge is -2.37. The molecule has 3 aliphatic rings. The van der Waals surface area contributed by atoms with Crippen molar-refractivity contribution < 1.29 is 29.0 Å². The maximum absolute atomic E-state index is 13.9. The van der Waals surface area contributed by atoms with Crippen molar-refractivity contribution in [1.82, 2.24) is 4.90 Å². The molecule has 0 aliphatic carbocycles. The first-order valence-electron chi connectivity index (χ1n) is 12.3. The highest BCUT2D eigenvalue weighted by atomic mass is 16.6. The minimum atomic E-state index is -1.11. The van der Waals surface area contributed by atoms with Gasteiger partial charge in [-0.25, -0.2) is 0 Å². The number of anilines is 1. The van der Waals surface area contributed by atoms with Crippen molar-refractivity contribution in [2.45, 2.75) is 77.7 Å². The second kappa shape index (κ2) is 9.30. The summed E-state index contributed by atoms with van der Waals surface area (Å²) in [5.74, 6) is -2.43. The van der Waals surface area contributed by atoms with E-state index in [1.807, 2.05) is 45.9 Å². The van der Waals surface area contributed by atoms with Crippen LogP contribution < -0.4 is 5.32 Å². The van der Waals surface area contributed by atoms with Crippen molar-refractivity contribution in [1.29, 1.82) is 0 Å². The summed E-state index contributed by atoms with van der Waals surface area (Å²) in [7, 11) is 0. The van der Waals surface area contributed by atoms with Crippen LogP contribution in [0.25, 0.3) is 0 Å². The predicted molar refractivity (Wildman–Crippen MR) is 126 cm³/mol. The molecule has 4 rings (SSSR count). The fraction of sp³-hybridized carbons (Fsp3) is 0.654. The summed E-state index contributed by atoms with van der Waals surface area (Å²) in [5.41, 5.74) is 1.48. The average molecular weight is 473 g/mol. The molecule has 3 aliphatic heterocycles. The zero-order chi connectivity index (χ0) is 24.8. The van der Waals surface area contributed by atoms with Crippen molar-refractivity contribution in [3.8, 4) is 0 Å². The minimum Gasteiger partial charge on any atom is -0.466 e. The third kappa shape index (κ3) is 3.90. The van der Waals surface area contributed by atoms with E-state index in [9.17, 15) is 19.5 Å². The van der Waals surface area contributed by atoms with Crippen molar-refractivity contribution >= 4 is 23.5 Å². The molecule has 0 aromatic heterocycles. The molecule has 2 N–H and O–H groups in total. The number of carbonyl (C=O) groups is 3. The number of benzene rings is 1. The number of fused-ring (bicyclic) bond motifs is 1. The number of aliphatic hydroxyl groups excluding tert-OH is 1. The molecule has 3 fully saturated rings. The van der Waals surface area contributed by atoms with E-state index in [4.69, 9.17) is 9.47 Å². The minimum absolute atomic E-state index is 0.198. The SMILES string of the molecule is CCOC(=O)[C@@H]1[C@@H]2CC[C@]3(O2)[C@H](C(=O)Nc2cc(C)ccc2C)N([C@@H](CO)CC(C)C)C(=O)[C@@H]13. The molecule has 1 spiro atoms. The average Bonchev–Trinajstić information content (AvgIpc) is 3.42. The molecule has 1 aromatic rings. The second-order valence-corrected chi connectivity index (χ2v) is 10.3. The molecule has 3 heterocycles. The molecule has 0 unspecified atom stereocenters. The van der Waals surface area contributed by atoms with Gasteiger partial charge >= 0.3 is 5.97 Å². The normalized spacial score (nSPS) is 30.6. The third-order valence-electron chi connectivity index (χ3n) is 7.54. The number of hydrogen-bond acceptors (Lipinski definition) is 6. The Morgan fingerprint density at radius 2 is 2.06 bits per heavy atom. The first-order valence-corrected chi connectivity index (χ1v) is 12.3. The highest BCUT2D eigenvalue weighted by molar-refractivity contribution is 6.03. The second-order valence-electron chi connectivity index (χ2n) is 10.3. The summed E-state index contributed by atoms with van der Waals surface area (Å²) >= 11 is 0. The van der Waals surface area contributed by atoms with Gasteiger partial charge in [0.1, 0.15) is 11.6 Å². The van der Waals surface area contributed by atoms with Crippen LogP contribution in [-0.2, 0) is 23.9 Å². The van der Waals surface area contributed by atoms with E-state index >= 15 is 0 Å². The maximum Gasteiger partial charge on any atom is 0.312 e. The van der Waals surface area contributed by atoms with Gasteiger partial charge in [-0.15, -0.1) is 0 Å². The van der Waals surface area contributed by atoms with Crippen LogP contribution in [0.4, 0.5) is 5.69 Å². The van der Waals surface area contributed by atoms with Gasteiger partial charge in [0.15, 0.2) is 0 Å². The number of likely N-dealkylation sites (tertiary alicyclic amines) is 1. The van der Waals surface area contributed by atoms with E-state index in [1.54, 1.807) is 6.92 Å². The van der Waals surface area contributed by atoms with Crippen molar-refractivity contribution in [2.24, 2.45) is 17.8 Å².